The fraction of sp³-hybridized carbons (Fsp3) is 0.278. The topological polar surface area (TPSA) is 59.0 Å². The van der Waals surface area contributed by atoms with Gasteiger partial charge in [0.25, 0.3) is 0 Å². The minimum absolute atomic E-state index is 0.105. The zero-order valence-electron chi connectivity index (χ0n) is 14.0. The Morgan fingerprint density at radius 2 is 1.92 bits per heavy atom. The number of pyridine rings is 1. The van der Waals surface area contributed by atoms with Crippen LogP contribution in [0.15, 0.2) is 42.7 Å². The lowest BCUT2D eigenvalue weighted by atomic mass is 10.2. The van der Waals surface area contributed by atoms with E-state index in [1.54, 1.807) is 16.8 Å². The molecular formula is C18H20FN5O. The number of halogens is 1. The molecule has 0 unspecified atom stereocenters. The molecule has 4 rings (SSSR count). The average molecular weight is 341 g/mol. The van der Waals surface area contributed by atoms with E-state index < -0.39 is 5.82 Å². The van der Waals surface area contributed by atoms with Crippen LogP contribution in [0.1, 0.15) is 0 Å². The Kier molecular flexibility index (Phi) is 3.93. The van der Waals surface area contributed by atoms with E-state index in [0.29, 0.717) is 11.5 Å². The number of likely N-dealkylation sites (N-methyl/N-ethyl adjacent to an activating group) is 1. The highest BCUT2D eigenvalue weighted by Gasteiger charge is 2.17. The van der Waals surface area contributed by atoms with Crippen LogP contribution in [-0.4, -0.2) is 47.7 Å². The molecule has 0 spiro atoms. The van der Waals surface area contributed by atoms with Crippen LogP contribution in [0, 0.1) is 5.82 Å². The van der Waals surface area contributed by atoms with Crippen molar-refractivity contribution in [2.24, 2.45) is 0 Å². The van der Waals surface area contributed by atoms with E-state index in [2.05, 4.69) is 21.9 Å². The van der Waals surface area contributed by atoms with Gasteiger partial charge in [0.2, 0.25) is 0 Å². The molecule has 1 aliphatic heterocycles. The van der Waals surface area contributed by atoms with Crippen LogP contribution in [-0.2, 0) is 0 Å². The van der Waals surface area contributed by atoms with E-state index >= 15 is 0 Å². The standard InChI is InChI=1S/C18H20FN5O/c1-22-6-8-23(9-7-22)13-10-18(17-4-5-21-24(17)12-13)25-14-2-3-16(20)15(19)11-14/h2-5,10-12H,6-9,20H2,1H3. The predicted octanol–water partition coefficient (Wildman–Crippen LogP) is 2.60. The van der Waals surface area contributed by atoms with Crippen LogP contribution in [0.3, 0.4) is 0 Å². The van der Waals surface area contributed by atoms with Crippen molar-refractivity contribution in [1.82, 2.24) is 14.5 Å². The summed E-state index contributed by atoms with van der Waals surface area (Å²) in [5.41, 5.74) is 7.50. The molecule has 2 N–H and O–H groups in total. The van der Waals surface area contributed by atoms with Gasteiger partial charge in [0.05, 0.1) is 23.8 Å². The number of aromatic nitrogens is 2. The van der Waals surface area contributed by atoms with Crippen molar-refractivity contribution in [3.63, 3.8) is 0 Å². The van der Waals surface area contributed by atoms with Gasteiger partial charge in [-0.1, -0.05) is 0 Å². The second-order valence-electron chi connectivity index (χ2n) is 6.30. The number of fused-ring (bicyclic) bond motifs is 1. The molecule has 0 amide bonds. The molecule has 6 nitrogen and oxygen atoms in total. The second kappa shape index (κ2) is 6.25. The third-order valence-electron chi connectivity index (χ3n) is 4.52. The average Bonchev–Trinajstić information content (AvgIpc) is 3.08. The van der Waals surface area contributed by atoms with Gasteiger partial charge in [0.1, 0.15) is 17.1 Å². The monoisotopic (exact) mass is 341 g/mol. The summed E-state index contributed by atoms with van der Waals surface area (Å²) in [5, 5.41) is 4.33. The molecule has 0 bridgehead atoms. The summed E-state index contributed by atoms with van der Waals surface area (Å²) < 4.78 is 21.4. The summed E-state index contributed by atoms with van der Waals surface area (Å²) in [7, 11) is 2.12. The Bertz CT molecular complexity index is 902. The van der Waals surface area contributed by atoms with Gasteiger partial charge in [0, 0.05) is 38.3 Å². The number of rotatable bonds is 3. The summed E-state index contributed by atoms with van der Waals surface area (Å²) >= 11 is 0. The SMILES string of the molecule is CN1CCN(c2cc(Oc3ccc(N)c(F)c3)c3ccnn3c2)CC1. The number of anilines is 2. The lowest BCUT2D eigenvalue weighted by Crippen LogP contribution is -2.44. The lowest BCUT2D eigenvalue weighted by molar-refractivity contribution is 0.312. The van der Waals surface area contributed by atoms with Crippen molar-refractivity contribution in [2.45, 2.75) is 0 Å². The molecule has 25 heavy (non-hydrogen) atoms. The minimum atomic E-state index is -0.489. The Hall–Kier alpha value is -2.80. The summed E-state index contributed by atoms with van der Waals surface area (Å²) in [4.78, 5) is 4.61. The Labute approximate surface area is 145 Å². The van der Waals surface area contributed by atoms with Gasteiger partial charge in [-0.3, -0.25) is 0 Å². The molecule has 7 heteroatoms. The van der Waals surface area contributed by atoms with Crippen LogP contribution in [0.4, 0.5) is 15.8 Å². The quantitative estimate of drug-likeness (QED) is 0.742. The van der Waals surface area contributed by atoms with E-state index in [9.17, 15) is 4.39 Å². The maximum absolute atomic E-state index is 13.7. The van der Waals surface area contributed by atoms with Crippen molar-refractivity contribution in [3.8, 4) is 11.5 Å². The third-order valence-corrected chi connectivity index (χ3v) is 4.52. The Morgan fingerprint density at radius 1 is 1.12 bits per heavy atom. The first-order valence-corrected chi connectivity index (χ1v) is 8.24. The van der Waals surface area contributed by atoms with Crippen molar-refractivity contribution in [2.75, 3.05) is 43.9 Å². The maximum atomic E-state index is 13.7. The number of nitrogens with zero attached hydrogens (tertiary/aromatic N) is 4. The zero-order chi connectivity index (χ0) is 17.4. The maximum Gasteiger partial charge on any atom is 0.155 e. The normalized spacial score (nSPS) is 15.7. The summed E-state index contributed by atoms with van der Waals surface area (Å²) in [6.07, 6.45) is 3.72. The number of nitrogen functional groups attached to an aromatic ring is 1. The first-order chi connectivity index (χ1) is 12.1. The molecule has 0 saturated carbocycles. The van der Waals surface area contributed by atoms with Crippen LogP contribution in [0.5, 0.6) is 11.5 Å². The van der Waals surface area contributed by atoms with Gasteiger partial charge in [-0.05, 0) is 25.2 Å². The first-order valence-electron chi connectivity index (χ1n) is 8.24. The molecule has 3 aromatic rings. The molecule has 0 radical (unpaired) electrons. The van der Waals surface area contributed by atoms with Gasteiger partial charge in [-0.2, -0.15) is 5.10 Å². The van der Waals surface area contributed by atoms with Gasteiger partial charge in [-0.15, -0.1) is 0 Å². The summed E-state index contributed by atoms with van der Waals surface area (Å²) in [6.45, 7) is 3.91. The van der Waals surface area contributed by atoms with Crippen molar-refractivity contribution in [3.05, 3.63) is 48.5 Å². The molecule has 1 aromatic carbocycles. The van der Waals surface area contributed by atoms with Crippen LogP contribution in [0.2, 0.25) is 0 Å². The highest BCUT2D eigenvalue weighted by atomic mass is 19.1. The third kappa shape index (κ3) is 3.10. The van der Waals surface area contributed by atoms with E-state index in [0.717, 1.165) is 37.4 Å². The fourth-order valence-electron chi connectivity index (χ4n) is 3.00. The first kappa shape index (κ1) is 15.7. The molecule has 1 saturated heterocycles. The molecule has 0 atom stereocenters. The number of hydrogen-bond acceptors (Lipinski definition) is 5. The van der Waals surface area contributed by atoms with Crippen LogP contribution < -0.4 is 15.4 Å². The lowest BCUT2D eigenvalue weighted by Gasteiger charge is -2.34. The second-order valence-corrected chi connectivity index (χ2v) is 6.30. The van der Waals surface area contributed by atoms with Crippen molar-refractivity contribution in [1.29, 1.82) is 0 Å². The van der Waals surface area contributed by atoms with Crippen molar-refractivity contribution < 1.29 is 9.13 Å². The molecule has 1 fully saturated rings. The number of piperazine rings is 1. The number of nitrogens with two attached hydrogens (primary N) is 1. The number of benzene rings is 1. The highest BCUT2D eigenvalue weighted by Crippen LogP contribution is 2.31. The van der Waals surface area contributed by atoms with Crippen molar-refractivity contribution >= 4 is 16.9 Å². The molecule has 0 aliphatic carbocycles. The van der Waals surface area contributed by atoms with Gasteiger partial charge in [-0.25, -0.2) is 8.91 Å². The zero-order valence-corrected chi connectivity index (χ0v) is 14.0. The fourth-order valence-corrected chi connectivity index (χ4v) is 3.00. The molecular weight excluding hydrogens is 321 g/mol. The smallest absolute Gasteiger partial charge is 0.155 e. The van der Waals surface area contributed by atoms with E-state index in [1.807, 2.05) is 18.3 Å². The van der Waals surface area contributed by atoms with Gasteiger partial charge < -0.3 is 20.3 Å². The minimum Gasteiger partial charge on any atom is -0.455 e. The number of hydrogen-bond donors (Lipinski definition) is 1. The van der Waals surface area contributed by atoms with E-state index in [1.165, 1.54) is 12.1 Å². The largest absolute Gasteiger partial charge is 0.455 e. The van der Waals surface area contributed by atoms with E-state index in [-0.39, 0.29) is 5.69 Å². The van der Waals surface area contributed by atoms with Crippen LogP contribution >= 0.6 is 0 Å². The Balaban J connectivity index is 1.69. The Morgan fingerprint density at radius 3 is 2.68 bits per heavy atom. The van der Waals surface area contributed by atoms with Gasteiger partial charge in [0.15, 0.2) is 5.75 Å². The predicted molar refractivity (Wildman–Crippen MR) is 95.8 cm³/mol. The molecule has 2 aromatic heterocycles. The molecule has 1 aliphatic rings. The van der Waals surface area contributed by atoms with Crippen LogP contribution in [0.25, 0.3) is 5.52 Å². The summed E-state index contributed by atoms with van der Waals surface area (Å²) in [5.74, 6) is 0.556. The molecule has 130 valence electrons. The molecule has 3 heterocycles. The summed E-state index contributed by atoms with van der Waals surface area (Å²) in [6, 6.07) is 8.31. The van der Waals surface area contributed by atoms with E-state index in [4.69, 9.17) is 10.5 Å². The highest BCUT2D eigenvalue weighted by molar-refractivity contribution is 5.66. The van der Waals surface area contributed by atoms with Gasteiger partial charge >= 0.3 is 0 Å². The number of ether oxygens (including phenoxy) is 1.